The fourth-order valence-corrected chi connectivity index (χ4v) is 1.94. The van der Waals surface area contributed by atoms with Crippen LogP contribution in [-0.2, 0) is 13.2 Å². The molecular formula is C12H17FN2. The zero-order valence-corrected chi connectivity index (χ0v) is 8.88. The van der Waals surface area contributed by atoms with Gasteiger partial charge in [0.1, 0.15) is 6.67 Å². The van der Waals surface area contributed by atoms with Crippen LogP contribution in [0.15, 0.2) is 24.3 Å². The first-order valence-electron chi connectivity index (χ1n) is 5.45. The van der Waals surface area contributed by atoms with E-state index in [2.05, 4.69) is 16.3 Å². The zero-order chi connectivity index (χ0) is 10.5. The molecule has 0 amide bonds. The number of benzene rings is 1. The smallest absolute Gasteiger partial charge is 0.115 e. The summed E-state index contributed by atoms with van der Waals surface area (Å²) in [7, 11) is 0. The van der Waals surface area contributed by atoms with E-state index in [1.54, 1.807) is 0 Å². The van der Waals surface area contributed by atoms with E-state index >= 15 is 0 Å². The number of alkyl halides is 1. The third-order valence-corrected chi connectivity index (χ3v) is 2.76. The molecule has 1 aromatic rings. The number of piperazine rings is 1. The van der Waals surface area contributed by atoms with Crippen LogP contribution in [0, 0.1) is 0 Å². The van der Waals surface area contributed by atoms with Gasteiger partial charge in [-0.05, 0) is 11.1 Å². The van der Waals surface area contributed by atoms with E-state index < -0.39 is 0 Å². The molecule has 0 saturated carbocycles. The Kier molecular flexibility index (Phi) is 3.69. The van der Waals surface area contributed by atoms with Crippen LogP contribution in [0.2, 0.25) is 0 Å². The molecule has 3 heteroatoms. The van der Waals surface area contributed by atoms with Crippen LogP contribution in [0.25, 0.3) is 0 Å². The number of hydrogen-bond acceptors (Lipinski definition) is 2. The van der Waals surface area contributed by atoms with E-state index in [1.807, 2.05) is 18.2 Å². The predicted molar refractivity (Wildman–Crippen MR) is 59.4 cm³/mol. The molecule has 0 spiro atoms. The fraction of sp³-hybridized carbons (Fsp3) is 0.500. The van der Waals surface area contributed by atoms with Crippen LogP contribution in [0.3, 0.4) is 0 Å². The summed E-state index contributed by atoms with van der Waals surface area (Å²) in [6.45, 7) is 4.86. The lowest BCUT2D eigenvalue weighted by molar-refractivity contribution is 0.233. The van der Waals surface area contributed by atoms with Gasteiger partial charge < -0.3 is 5.32 Å². The largest absolute Gasteiger partial charge is 0.314 e. The Balaban J connectivity index is 1.96. The van der Waals surface area contributed by atoms with Gasteiger partial charge in [0.2, 0.25) is 0 Å². The third kappa shape index (κ3) is 3.01. The first-order chi connectivity index (χ1) is 7.38. The molecular weight excluding hydrogens is 191 g/mol. The number of hydrogen-bond donors (Lipinski definition) is 1. The minimum atomic E-state index is -0.366. The molecule has 1 aliphatic heterocycles. The monoisotopic (exact) mass is 208 g/mol. The van der Waals surface area contributed by atoms with Crippen molar-refractivity contribution < 1.29 is 4.39 Å². The van der Waals surface area contributed by atoms with Crippen LogP contribution in [0.5, 0.6) is 0 Å². The van der Waals surface area contributed by atoms with Gasteiger partial charge in [-0.2, -0.15) is 0 Å². The lowest BCUT2D eigenvalue weighted by Crippen LogP contribution is -2.42. The summed E-state index contributed by atoms with van der Waals surface area (Å²) in [5.41, 5.74) is 2.00. The Morgan fingerprint density at radius 1 is 1.20 bits per heavy atom. The number of nitrogens with one attached hydrogen (secondary N) is 1. The van der Waals surface area contributed by atoms with Gasteiger partial charge in [-0.1, -0.05) is 24.3 Å². The van der Waals surface area contributed by atoms with Crippen molar-refractivity contribution in [2.45, 2.75) is 13.2 Å². The van der Waals surface area contributed by atoms with E-state index in [0.29, 0.717) is 0 Å². The van der Waals surface area contributed by atoms with E-state index in [-0.39, 0.29) is 6.67 Å². The molecule has 1 fully saturated rings. The van der Waals surface area contributed by atoms with E-state index in [9.17, 15) is 4.39 Å². The maximum atomic E-state index is 12.5. The highest BCUT2D eigenvalue weighted by molar-refractivity contribution is 5.22. The van der Waals surface area contributed by atoms with Crippen molar-refractivity contribution in [1.29, 1.82) is 0 Å². The molecule has 1 aromatic carbocycles. The Bertz CT molecular complexity index is 308. The van der Waals surface area contributed by atoms with E-state index in [4.69, 9.17) is 0 Å². The molecule has 0 aliphatic carbocycles. The maximum Gasteiger partial charge on any atom is 0.115 e. The Labute approximate surface area is 90.1 Å². The van der Waals surface area contributed by atoms with Crippen LogP contribution in [0.4, 0.5) is 4.39 Å². The quantitative estimate of drug-likeness (QED) is 0.811. The molecule has 1 aliphatic rings. The lowest BCUT2D eigenvalue weighted by atomic mass is 10.1. The second-order valence-electron chi connectivity index (χ2n) is 3.98. The number of nitrogens with zero attached hydrogens (tertiary/aromatic N) is 1. The molecule has 0 unspecified atom stereocenters. The summed E-state index contributed by atoms with van der Waals surface area (Å²) in [5.74, 6) is 0. The van der Waals surface area contributed by atoms with Crippen molar-refractivity contribution in [1.82, 2.24) is 10.2 Å². The second kappa shape index (κ2) is 5.24. The molecule has 2 nitrogen and oxygen atoms in total. The molecule has 15 heavy (non-hydrogen) atoms. The van der Waals surface area contributed by atoms with Crippen LogP contribution in [-0.4, -0.2) is 31.1 Å². The maximum absolute atomic E-state index is 12.5. The first-order valence-corrected chi connectivity index (χ1v) is 5.45. The SMILES string of the molecule is FCc1cccc(CN2CCNCC2)c1. The first kappa shape index (κ1) is 10.6. The van der Waals surface area contributed by atoms with E-state index in [1.165, 1.54) is 5.56 Å². The topological polar surface area (TPSA) is 15.3 Å². The number of rotatable bonds is 3. The molecule has 1 N–H and O–H groups in total. The van der Waals surface area contributed by atoms with Crippen molar-refractivity contribution in [3.05, 3.63) is 35.4 Å². The standard InChI is InChI=1S/C12H17FN2/c13-9-11-2-1-3-12(8-11)10-15-6-4-14-5-7-15/h1-3,8,14H,4-7,9-10H2. The molecule has 0 bridgehead atoms. The van der Waals surface area contributed by atoms with Gasteiger partial charge in [0.05, 0.1) is 0 Å². The zero-order valence-electron chi connectivity index (χ0n) is 8.88. The summed E-state index contributed by atoms with van der Waals surface area (Å²) < 4.78 is 12.5. The van der Waals surface area contributed by atoms with Crippen LogP contribution >= 0.6 is 0 Å². The highest BCUT2D eigenvalue weighted by atomic mass is 19.1. The highest BCUT2D eigenvalue weighted by Gasteiger charge is 2.09. The Morgan fingerprint density at radius 3 is 2.67 bits per heavy atom. The van der Waals surface area contributed by atoms with Crippen molar-refractivity contribution in [2.24, 2.45) is 0 Å². The van der Waals surface area contributed by atoms with Crippen molar-refractivity contribution in [3.8, 4) is 0 Å². The Morgan fingerprint density at radius 2 is 1.93 bits per heavy atom. The van der Waals surface area contributed by atoms with Crippen molar-refractivity contribution in [3.63, 3.8) is 0 Å². The normalized spacial score (nSPS) is 17.9. The van der Waals surface area contributed by atoms with Crippen molar-refractivity contribution >= 4 is 0 Å². The summed E-state index contributed by atoms with van der Waals surface area (Å²) in [5, 5.41) is 3.32. The number of halogens is 1. The second-order valence-corrected chi connectivity index (χ2v) is 3.98. The molecule has 2 rings (SSSR count). The van der Waals surface area contributed by atoms with Gasteiger partial charge >= 0.3 is 0 Å². The summed E-state index contributed by atoms with van der Waals surface area (Å²) in [6, 6.07) is 7.80. The van der Waals surface area contributed by atoms with Gasteiger partial charge in [-0.3, -0.25) is 4.90 Å². The van der Waals surface area contributed by atoms with Crippen LogP contribution in [0.1, 0.15) is 11.1 Å². The lowest BCUT2D eigenvalue weighted by Gasteiger charge is -2.27. The fourth-order valence-electron chi connectivity index (χ4n) is 1.94. The molecule has 0 atom stereocenters. The Hall–Kier alpha value is -0.930. The molecule has 82 valence electrons. The predicted octanol–water partition coefficient (Wildman–Crippen LogP) is 1.56. The summed E-state index contributed by atoms with van der Waals surface area (Å²) >= 11 is 0. The highest BCUT2D eigenvalue weighted by Crippen LogP contribution is 2.09. The van der Waals surface area contributed by atoms with Gasteiger partial charge in [-0.15, -0.1) is 0 Å². The summed E-state index contributed by atoms with van der Waals surface area (Å²) in [6.07, 6.45) is 0. The van der Waals surface area contributed by atoms with Gasteiger partial charge in [0.15, 0.2) is 0 Å². The minimum Gasteiger partial charge on any atom is -0.314 e. The third-order valence-electron chi connectivity index (χ3n) is 2.76. The van der Waals surface area contributed by atoms with Gasteiger partial charge in [0.25, 0.3) is 0 Å². The van der Waals surface area contributed by atoms with Gasteiger partial charge in [-0.25, -0.2) is 4.39 Å². The molecule has 0 radical (unpaired) electrons. The summed E-state index contributed by atoms with van der Waals surface area (Å²) in [4.78, 5) is 2.40. The van der Waals surface area contributed by atoms with Crippen molar-refractivity contribution in [2.75, 3.05) is 26.2 Å². The molecule has 1 heterocycles. The van der Waals surface area contributed by atoms with Gasteiger partial charge in [0, 0.05) is 32.7 Å². The minimum absolute atomic E-state index is 0.366. The average Bonchev–Trinajstić information content (AvgIpc) is 2.31. The van der Waals surface area contributed by atoms with E-state index in [0.717, 1.165) is 38.3 Å². The molecule has 0 aromatic heterocycles. The molecule has 1 saturated heterocycles. The van der Waals surface area contributed by atoms with Crippen LogP contribution < -0.4 is 5.32 Å². The average molecular weight is 208 g/mol.